The molecule has 1 aromatic carbocycles. The van der Waals surface area contributed by atoms with E-state index in [2.05, 4.69) is 11.2 Å². The van der Waals surface area contributed by atoms with E-state index in [0.717, 1.165) is 6.07 Å². The van der Waals surface area contributed by atoms with Gasteiger partial charge in [0.1, 0.15) is 5.02 Å². The quantitative estimate of drug-likeness (QED) is 0.530. The van der Waals surface area contributed by atoms with E-state index >= 15 is 0 Å². The summed E-state index contributed by atoms with van der Waals surface area (Å²) in [7, 11) is 0. The molecule has 0 bridgehead atoms. The van der Waals surface area contributed by atoms with Crippen LogP contribution in [-0.4, -0.2) is 16.4 Å². The molecule has 5 nitrogen and oxygen atoms in total. The molecule has 0 unspecified atom stereocenters. The zero-order chi connectivity index (χ0) is 14.8. The fourth-order valence-corrected chi connectivity index (χ4v) is 1.62. The summed E-state index contributed by atoms with van der Waals surface area (Å²) in [4.78, 5) is 22.0. The molecule has 0 aliphatic rings. The van der Waals surface area contributed by atoms with Crippen LogP contribution in [0.4, 0.5) is 5.69 Å². The number of nitrogens with one attached hydrogen (secondary N) is 1. The van der Waals surface area contributed by atoms with Crippen LogP contribution in [0.2, 0.25) is 10.0 Å². The summed E-state index contributed by atoms with van der Waals surface area (Å²) in [5.74, 6) is 1.82. The first-order valence-corrected chi connectivity index (χ1v) is 5.87. The van der Waals surface area contributed by atoms with Crippen LogP contribution in [0.15, 0.2) is 12.1 Å². The molecule has 0 atom stereocenters. The van der Waals surface area contributed by atoms with Gasteiger partial charge in [-0.15, -0.1) is 6.42 Å². The smallest absolute Gasteiger partial charge is 0.290 e. The van der Waals surface area contributed by atoms with Gasteiger partial charge in [0, 0.05) is 11.6 Å². The summed E-state index contributed by atoms with van der Waals surface area (Å²) in [5, 5.41) is 13.0. The van der Waals surface area contributed by atoms with E-state index in [1.54, 1.807) is 13.8 Å². The Morgan fingerprint density at radius 1 is 1.47 bits per heavy atom. The molecule has 0 aromatic heterocycles. The average molecular weight is 301 g/mol. The summed E-state index contributed by atoms with van der Waals surface area (Å²) in [6, 6.07) is 2.30. The van der Waals surface area contributed by atoms with Crippen LogP contribution >= 0.6 is 23.2 Å². The molecule has 19 heavy (non-hydrogen) atoms. The highest BCUT2D eigenvalue weighted by Gasteiger charge is 2.23. The van der Waals surface area contributed by atoms with Crippen molar-refractivity contribution < 1.29 is 9.72 Å². The fourth-order valence-electron chi connectivity index (χ4n) is 1.23. The number of hydrogen-bond donors (Lipinski definition) is 1. The van der Waals surface area contributed by atoms with E-state index in [1.807, 2.05) is 0 Å². The van der Waals surface area contributed by atoms with Gasteiger partial charge in [0.25, 0.3) is 11.6 Å². The van der Waals surface area contributed by atoms with E-state index < -0.39 is 22.1 Å². The lowest BCUT2D eigenvalue weighted by Gasteiger charge is -2.19. The van der Waals surface area contributed by atoms with Crippen molar-refractivity contribution in [3.05, 3.63) is 37.9 Å². The van der Waals surface area contributed by atoms with Crippen molar-refractivity contribution in [2.75, 3.05) is 0 Å². The minimum Gasteiger partial charge on any atom is -0.336 e. The van der Waals surface area contributed by atoms with Crippen molar-refractivity contribution in [3.63, 3.8) is 0 Å². The largest absolute Gasteiger partial charge is 0.336 e. The van der Waals surface area contributed by atoms with Crippen LogP contribution in [0.5, 0.6) is 0 Å². The molecule has 0 aliphatic heterocycles. The standard InChI is InChI=1S/C12H10Cl2N2O3/c1-4-12(2,3)15-11(17)7-5-8(13)10(14)9(6-7)16(18)19/h1,5-6H,2-3H3,(H,15,17). The second-order valence-corrected chi connectivity index (χ2v) is 5.06. The molecule has 0 saturated carbocycles. The third kappa shape index (κ3) is 3.60. The zero-order valence-electron chi connectivity index (χ0n) is 10.2. The van der Waals surface area contributed by atoms with Gasteiger partial charge < -0.3 is 5.32 Å². The van der Waals surface area contributed by atoms with Gasteiger partial charge in [-0.3, -0.25) is 14.9 Å². The summed E-state index contributed by atoms with van der Waals surface area (Å²) in [5.41, 5.74) is -1.29. The molecule has 1 amide bonds. The van der Waals surface area contributed by atoms with Crippen molar-refractivity contribution in [2.45, 2.75) is 19.4 Å². The predicted octanol–water partition coefficient (Wildman–Crippen LogP) is 3.04. The van der Waals surface area contributed by atoms with Crippen molar-refractivity contribution in [1.82, 2.24) is 5.32 Å². The second-order valence-electron chi connectivity index (χ2n) is 4.27. The number of nitro groups is 1. The Kier molecular flexibility index (Phi) is 4.40. The maximum Gasteiger partial charge on any atom is 0.290 e. The number of nitro benzene ring substituents is 1. The Morgan fingerprint density at radius 2 is 2.05 bits per heavy atom. The molecule has 7 heteroatoms. The highest BCUT2D eigenvalue weighted by atomic mass is 35.5. The van der Waals surface area contributed by atoms with Crippen LogP contribution in [-0.2, 0) is 0 Å². The third-order valence-electron chi connectivity index (χ3n) is 2.25. The van der Waals surface area contributed by atoms with Gasteiger partial charge in [-0.05, 0) is 19.9 Å². The average Bonchev–Trinajstić information content (AvgIpc) is 2.31. The van der Waals surface area contributed by atoms with Gasteiger partial charge in [0.15, 0.2) is 0 Å². The number of benzene rings is 1. The van der Waals surface area contributed by atoms with E-state index in [1.165, 1.54) is 6.07 Å². The molecule has 1 aromatic rings. The molecule has 1 rings (SSSR count). The lowest BCUT2D eigenvalue weighted by Crippen LogP contribution is -2.42. The van der Waals surface area contributed by atoms with Crippen LogP contribution in [0.25, 0.3) is 0 Å². The van der Waals surface area contributed by atoms with E-state index in [9.17, 15) is 14.9 Å². The first-order valence-electron chi connectivity index (χ1n) is 5.11. The van der Waals surface area contributed by atoms with Crippen LogP contribution in [0, 0.1) is 22.5 Å². The van der Waals surface area contributed by atoms with Gasteiger partial charge in [0.2, 0.25) is 0 Å². The molecular weight excluding hydrogens is 291 g/mol. The topological polar surface area (TPSA) is 72.2 Å². The van der Waals surface area contributed by atoms with Crippen LogP contribution in [0.1, 0.15) is 24.2 Å². The normalized spacial score (nSPS) is 10.7. The van der Waals surface area contributed by atoms with E-state index in [0.29, 0.717) is 0 Å². The zero-order valence-corrected chi connectivity index (χ0v) is 11.7. The monoisotopic (exact) mass is 300 g/mol. The molecular formula is C12H10Cl2N2O3. The number of halogens is 2. The summed E-state index contributed by atoms with van der Waals surface area (Å²) in [6.07, 6.45) is 5.24. The molecule has 0 fully saturated rings. The fraction of sp³-hybridized carbons (Fsp3) is 0.250. The Labute approximate surface area is 120 Å². The van der Waals surface area contributed by atoms with E-state index in [4.69, 9.17) is 29.6 Å². The molecule has 1 N–H and O–H groups in total. The van der Waals surface area contributed by atoms with Gasteiger partial charge in [-0.2, -0.15) is 0 Å². The third-order valence-corrected chi connectivity index (χ3v) is 3.05. The number of carbonyl (C=O) groups is 1. The Bertz CT molecular complexity index is 591. The van der Waals surface area contributed by atoms with Crippen molar-refractivity contribution in [2.24, 2.45) is 0 Å². The maximum atomic E-state index is 11.9. The number of carbonyl (C=O) groups excluding carboxylic acids is 1. The number of hydrogen-bond acceptors (Lipinski definition) is 3. The van der Waals surface area contributed by atoms with Crippen LogP contribution in [0.3, 0.4) is 0 Å². The lowest BCUT2D eigenvalue weighted by molar-refractivity contribution is -0.384. The second kappa shape index (κ2) is 5.47. The first-order chi connectivity index (χ1) is 8.68. The number of terminal acetylenes is 1. The molecule has 100 valence electrons. The number of rotatable bonds is 3. The van der Waals surface area contributed by atoms with Gasteiger partial charge in [-0.25, -0.2) is 0 Å². The van der Waals surface area contributed by atoms with Crippen LogP contribution < -0.4 is 5.32 Å². The Morgan fingerprint density at radius 3 is 2.53 bits per heavy atom. The SMILES string of the molecule is C#CC(C)(C)NC(=O)c1cc(Cl)c(Cl)c([N+](=O)[O-])c1. The summed E-state index contributed by atoms with van der Waals surface area (Å²) >= 11 is 11.4. The summed E-state index contributed by atoms with van der Waals surface area (Å²) < 4.78 is 0. The van der Waals surface area contributed by atoms with Gasteiger partial charge >= 0.3 is 0 Å². The highest BCUT2D eigenvalue weighted by molar-refractivity contribution is 6.43. The van der Waals surface area contributed by atoms with Gasteiger partial charge in [0.05, 0.1) is 15.5 Å². The van der Waals surface area contributed by atoms with Crippen molar-refractivity contribution >= 4 is 34.8 Å². The molecule has 0 aliphatic carbocycles. The minimum atomic E-state index is -0.877. The Balaban J connectivity index is 3.20. The lowest BCUT2D eigenvalue weighted by atomic mass is 10.1. The highest BCUT2D eigenvalue weighted by Crippen LogP contribution is 2.33. The minimum absolute atomic E-state index is 0.0180. The number of amides is 1. The van der Waals surface area contributed by atoms with Crippen molar-refractivity contribution in [1.29, 1.82) is 0 Å². The van der Waals surface area contributed by atoms with Crippen molar-refractivity contribution in [3.8, 4) is 12.3 Å². The number of nitrogens with zero attached hydrogens (tertiary/aromatic N) is 1. The first kappa shape index (κ1) is 15.3. The predicted molar refractivity (Wildman–Crippen MR) is 73.5 cm³/mol. The molecule has 0 saturated heterocycles. The summed E-state index contributed by atoms with van der Waals surface area (Å²) in [6.45, 7) is 3.24. The van der Waals surface area contributed by atoms with E-state index in [-0.39, 0.29) is 15.6 Å². The Hall–Kier alpha value is -1.77. The molecule has 0 radical (unpaired) electrons. The van der Waals surface area contributed by atoms with Gasteiger partial charge in [-0.1, -0.05) is 29.1 Å². The molecule has 0 spiro atoms. The molecule has 0 heterocycles. The maximum absolute atomic E-state index is 11.9.